The Labute approximate surface area is 83.4 Å². The average Bonchev–Trinajstić information content (AvgIpc) is 2.19. The summed E-state index contributed by atoms with van der Waals surface area (Å²) in [7, 11) is 0. The second-order valence-corrected chi connectivity index (χ2v) is 3.53. The summed E-state index contributed by atoms with van der Waals surface area (Å²) in [5.41, 5.74) is 1.38. The van der Waals surface area contributed by atoms with Crippen LogP contribution in [-0.2, 0) is 0 Å². The zero-order valence-electron chi connectivity index (χ0n) is 8.16. The van der Waals surface area contributed by atoms with Crippen LogP contribution in [0.5, 0.6) is 0 Å². The van der Waals surface area contributed by atoms with Crippen molar-refractivity contribution < 1.29 is 4.92 Å². The highest BCUT2D eigenvalue weighted by atomic mass is 16.6. The zero-order chi connectivity index (χ0) is 10.4. The number of nitrogens with zero attached hydrogens (tertiary/aromatic N) is 2. The minimum atomic E-state index is -0.249. The van der Waals surface area contributed by atoms with Gasteiger partial charge in [0.05, 0.1) is 11.0 Å². The Morgan fingerprint density at radius 1 is 1.43 bits per heavy atom. The molecule has 0 aliphatic heterocycles. The number of hydrogen-bond donors (Lipinski definition) is 0. The predicted octanol–water partition coefficient (Wildman–Crippen LogP) is 2.79. The molecule has 0 atom stereocenters. The summed E-state index contributed by atoms with van der Waals surface area (Å²) in [4.78, 5) is 10.4. The maximum atomic E-state index is 10.7. The van der Waals surface area contributed by atoms with Gasteiger partial charge in [-0.25, -0.2) is 0 Å². The van der Waals surface area contributed by atoms with Crippen LogP contribution in [-0.4, -0.2) is 4.92 Å². The van der Waals surface area contributed by atoms with Gasteiger partial charge in [0.1, 0.15) is 0 Å². The SMILES string of the molecule is N#CCCCC1=C([N+](=O)[O-])CCCC1. The lowest BCUT2D eigenvalue weighted by Gasteiger charge is -2.13. The summed E-state index contributed by atoms with van der Waals surface area (Å²) < 4.78 is 0. The van der Waals surface area contributed by atoms with Crippen molar-refractivity contribution in [3.8, 4) is 6.07 Å². The number of nitro groups is 1. The molecule has 0 bridgehead atoms. The smallest absolute Gasteiger partial charge is 0.245 e. The van der Waals surface area contributed by atoms with Crippen LogP contribution < -0.4 is 0 Å². The first-order valence-electron chi connectivity index (χ1n) is 4.98. The van der Waals surface area contributed by atoms with E-state index in [4.69, 9.17) is 5.26 Å². The molecule has 0 fully saturated rings. The molecule has 4 heteroatoms. The summed E-state index contributed by atoms with van der Waals surface area (Å²) >= 11 is 0. The topological polar surface area (TPSA) is 66.9 Å². The summed E-state index contributed by atoms with van der Waals surface area (Å²) in [5.74, 6) is 0. The van der Waals surface area contributed by atoms with Gasteiger partial charge in [0, 0.05) is 18.4 Å². The van der Waals surface area contributed by atoms with Crippen molar-refractivity contribution >= 4 is 0 Å². The molecule has 0 saturated carbocycles. The van der Waals surface area contributed by atoms with Crippen LogP contribution >= 0.6 is 0 Å². The summed E-state index contributed by atoms with van der Waals surface area (Å²) in [6.45, 7) is 0. The van der Waals surface area contributed by atoms with Gasteiger partial charge in [-0.2, -0.15) is 5.26 Å². The molecule has 0 aromatic heterocycles. The van der Waals surface area contributed by atoms with E-state index in [2.05, 4.69) is 6.07 Å². The second kappa shape index (κ2) is 5.38. The van der Waals surface area contributed by atoms with E-state index in [1.807, 2.05) is 0 Å². The Hall–Kier alpha value is -1.37. The molecule has 0 aromatic carbocycles. The van der Waals surface area contributed by atoms with Crippen LogP contribution in [0.15, 0.2) is 11.3 Å². The minimum absolute atomic E-state index is 0.249. The fourth-order valence-electron chi connectivity index (χ4n) is 1.82. The van der Waals surface area contributed by atoms with Gasteiger partial charge in [0.2, 0.25) is 5.70 Å². The molecule has 0 heterocycles. The summed E-state index contributed by atoms with van der Waals surface area (Å²) in [5, 5.41) is 19.1. The standard InChI is InChI=1S/C10H14N2O2/c11-8-4-3-6-9-5-1-2-7-10(9)12(13)14/h1-7H2. The van der Waals surface area contributed by atoms with Gasteiger partial charge < -0.3 is 0 Å². The van der Waals surface area contributed by atoms with Gasteiger partial charge in [-0.1, -0.05) is 0 Å². The zero-order valence-corrected chi connectivity index (χ0v) is 8.16. The number of unbranched alkanes of at least 4 members (excludes halogenated alkanes) is 1. The lowest BCUT2D eigenvalue weighted by Crippen LogP contribution is -2.08. The highest BCUT2D eigenvalue weighted by molar-refractivity contribution is 5.11. The molecule has 0 amide bonds. The Balaban J connectivity index is 2.60. The van der Waals surface area contributed by atoms with E-state index in [1.54, 1.807) is 0 Å². The van der Waals surface area contributed by atoms with Crippen molar-refractivity contribution in [1.29, 1.82) is 5.26 Å². The number of hydrogen-bond acceptors (Lipinski definition) is 3. The van der Waals surface area contributed by atoms with Crippen molar-refractivity contribution in [3.05, 3.63) is 21.4 Å². The van der Waals surface area contributed by atoms with Crippen LogP contribution in [0.1, 0.15) is 44.9 Å². The Morgan fingerprint density at radius 3 is 2.79 bits per heavy atom. The van der Waals surface area contributed by atoms with Crippen LogP contribution in [0.25, 0.3) is 0 Å². The first-order chi connectivity index (χ1) is 6.75. The van der Waals surface area contributed by atoms with Crippen LogP contribution in [0.2, 0.25) is 0 Å². The fraction of sp³-hybridized carbons (Fsp3) is 0.700. The molecule has 1 aliphatic rings. The van der Waals surface area contributed by atoms with Gasteiger partial charge in [-0.05, 0) is 32.1 Å². The third kappa shape index (κ3) is 2.84. The summed E-state index contributed by atoms with van der Waals surface area (Å²) in [6.07, 6.45) is 5.41. The predicted molar refractivity (Wildman–Crippen MR) is 52.0 cm³/mol. The van der Waals surface area contributed by atoms with Crippen molar-refractivity contribution in [2.24, 2.45) is 0 Å². The quantitative estimate of drug-likeness (QED) is 0.392. The molecule has 0 unspecified atom stereocenters. The fourth-order valence-corrected chi connectivity index (χ4v) is 1.82. The third-order valence-electron chi connectivity index (χ3n) is 2.54. The number of nitriles is 1. The van der Waals surface area contributed by atoms with E-state index >= 15 is 0 Å². The van der Waals surface area contributed by atoms with Gasteiger partial charge in [0.25, 0.3) is 0 Å². The lowest BCUT2D eigenvalue weighted by molar-refractivity contribution is -0.430. The highest BCUT2D eigenvalue weighted by Gasteiger charge is 2.21. The molecule has 1 aliphatic carbocycles. The Morgan fingerprint density at radius 2 is 2.14 bits per heavy atom. The molecular formula is C10H14N2O2. The van der Waals surface area contributed by atoms with Crippen molar-refractivity contribution in [2.75, 3.05) is 0 Å². The van der Waals surface area contributed by atoms with Gasteiger partial charge in [-0.15, -0.1) is 0 Å². The molecule has 0 N–H and O–H groups in total. The normalized spacial score (nSPS) is 16.5. The number of allylic oxidation sites excluding steroid dienone is 2. The van der Waals surface area contributed by atoms with Crippen LogP contribution in [0.4, 0.5) is 0 Å². The van der Waals surface area contributed by atoms with Crippen molar-refractivity contribution in [2.45, 2.75) is 44.9 Å². The average molecular weight is 194 g/mol. The molecule has 0 radical (unpaired) electrons. The van der Waals surface area contributed by atoms with Gasteiger partial charge >= 0.3 is 0 Å². The molecule has 1 rings (SSSR count). The molecular weight excluding hydrogens is 180 g/mol. The maximum Gasteiger partial charge on any atom is 0.245 e. The molecule has 0 saturated heterocycles. The largest absolute Gasteiger partial charge is 0.259 e. The van der Waals surface area contributed by atoms with Crippen molar-refractivity contribution in [1.82, 2.24) is 0 Å². The first-order valence-corrected chi connectivity index (χ1v) is 4.98. The molecule has 0 aromatic rings. The monoisotopic (exact) mass is 194 g/mol. The highest BCUT2D eigenvalue weighted by Crippen LogP contribution is 2.28. The van der Waals surface area contributed by atoms with Crippen molar-refractivity contribution in [3.63, 3.8) is 0 Å². The maximum absolute atomic E-state index is 10.7. The second-order valence-electron chi connectivity index (χ2n) is 3.53. The first kappa shape index (κ1) is 10.7. The molecule has 0 spiro atoms. The minimum Gasteiger partial charge on any atom is -0.259 e. The van der Waals surface area contributed by atoms with E-state index in [1.165, 1.54) is 0 Å². The van der Waals surface area contributed by atoms with E-state index in [-0.39, 0.29) is 4.92 Å². The van der Waals surface area contributed by atoms with E-state index in [0.29, 0.717) is 18.5 Å². The van der Waals surface area contributed by atoms with E-state index in [9.17, 15) is 10.1 Å². The van der Waals surface area contributed by atoms with E-state index in [0.717, 1.165) is 37.7 Å². The molecule has 4 nitrogen and oxygen atoms in total. The van der Waals surface area contributed by atoms with Gasteiger partial charge in [0.15, 0.2) is 0 Å². The van der Waals surface area contributed by atoms with E-state index < -0.39 is 0 Å². The summed E-state index contributed by atoms with van der Waals surface area (Å²) in [6, 6.07) is 2.06. The van der Waals surface area contributed by atoms with Crippen LogP contribution in [0.3, 0.4) is 0 Å². The lowest BCUT2D eigenvalue weighted by atomic mass is 9.93. The number of rotatable bonds is 4. The Kier molecular flexibility index (Phi) is 4.11. The molecule has 76 valence electrons. The van der Waals surface area contributed by atoms with Gasteiger partial charge in [-0.3, -0.25) is 10.1 Å². The third-order valence-corrected chi connectivity index (χ3v) is 2.54. The van der Waals surface area contributed by atoms with Crippen LogP contribution in [0, 0.1) is 21.4 Å². The Bertz CT molecular complexity index is 289. The molecule has 14 heavy (non-hydrogen) atoms.